The number of hydrogen-bond donors (Lipinski definition) is 2. The lowest BCUT2D eigenvalue weighted by atomic mass is 10.2. The summed E-state index contributed by atoms with van der Waals surface area (Å²) in [5.41, 5.74) is 1.35. The maximum Gasteiger partial charge on any atom is 0.341 e. The van der Waals surface area contributed by atoms with Gasteiger partial charge in [0, 0.05) is 5.69 Å². The van der Waals surface area contributed by atoms with E-state index < -0.39 is 18.7 Å². The van der Waals surface area contributed by atoms with Crippen LogP contribution in [0.3, 0.4) is 0 Å². The Morgan fingerprint density at radius 3 is 2.27 bits per heavy atom. The Bertz CT molecular complexity index is 772. The normalized spacial score (nSPS) is 11.3. The number of carbonyl (C=O) groups is 2. The van der Waals surface area contributed by atoms with Crippen LogP contribution in [-0.4, -0.2) is 36.8 Å². The molecule has 2 N–H and O–H groups in total. The van der Waals surface area contributed by atoms with Gasteiger partial charge in [0.25, 0.3) is 5.91 Å². The Hall–Kier alpha value is -3.22. The molecule has 2 rings (SSSR count). The van der Waals surface area contributed by atoms with E-state index in [2.05, 4.69) is 5.32 Å². The van der Waals surface area contributed by atoms with Crippen LogP contribution in [0.4, 0.5) is 5.69 Å². The Morgan fingerprint density at radius 2 is 1.69 bits per heavy atom. The van der Waals surface area contributed by atoms with E-state index in [4.69, 9.17) is 19.3 Å². The topological polar surface area (TPSA) is 94.1 Å². The van der Waals surface area contributed by atoms with Crippen LogP contribution in [0.25, 0.3) is 0 Å². The van der Waals surface area contributed by atoms with Crippen LogP contribution in [0.15, 0.2) is 42.5 Å². The molecule has 0 heterocycles. The van der Waals surface area contributed by atoms with Crippen molar-refractivity contribution in [1.82, 2.24) is 0 Å². The quantitative estimate of drug-likeness (QED) is 0.753. The average Bonchev–Trinajstić information content (AvgIpc) is 2.62. The second kappa shape index (κ2) is 8.75. The molecule has 138 valence electrons. The number of benzene rings is 2. The molecule has 0 aromatic heterocycles. The lowest BCUT2D eigenvalue weighted by Crippen LogP contribution is -2.30. The summed E-state index contributed by atoms with van der Waals surface area (Å²) < 4.78 is 15.8. The molecule has 0 radical (unpaired) electrons. The van der Waals surface area contributed by atoms with E-state index in [-0.39, 0.29) is 5.91 Å². The molecule has 0 aliphatic carbocycles. The minimum Gasteiger partial charge on any atom is -0.497 e. The molecule has 0 aliphatic rings. The number of aliphatic carboxylic acids is 1. The van der Waals surface area contributed by atoms with Gasteiger partial charge >= 0.3 is 5.97 Å². The molecular formula is C19H21NO6. The molecular weight excluding hydrogens is 338 g/mol. The van der Waals surface area contributed by atoms with Crippen molar-refractivity contribution < 1.29 is 28.9 Å². The molecule has 2 aromatic carbocycles. The van der Waals surface area contributed by atoms with Crippen molar-refractivity contribution in [3.8, 4) is 17.2 Å². The van der Waals surface area contributed by atoms with Gasteiger partial charge in [-0.05, 0) is 61.9 Å². The summed E-state index contributed by atoms with van der Waals surface area (Å²) in [7, 11) is 1.58. The van der Waals surface area contributed by atoms with Gasteiger partial charge in [-0.2, -0.15) is 0 Å². The van der Waals surface area contributed by atoms with Crippen LogP contribution in [0.5, 0.6) is 17.2 Å². The maximum atomic E-state index is 12.3. The van der Waals surface area contributed by atoms with E-state index in [0.29, 0.717) is 22.9 Å². The smallest absolute Gasteiger partial charge is 0.341 e. The Balaban J connectivity index is 1.96. The third kappa shape index (κ3) is 5.41. The summed E-state index contributed by atoms with van der Waals surface area (Å²) >= 11 is 0. The fourth-order valence-electron chi connectivity index (χ4n) is 2.16. The Labute approximate surface area is 151 Å². The van der Waals surface area contributed by atoms with Crippen molar-refractivity contribution in [2.75, 3.05) is 19.0 Å². The predicted octanol–water partition coefficient (Wildman–Crippen LogP) is 2.87. The van der Waals surface area contributed by atoms with Crippen LogP contribution in [-0.2, 0) is 9.59 Å². The zero-order valence-electron chi connectivity index (χ0n) is 14.8. The zero-order valence-corrected chi connectivity index (χ0v) is 14.8. The number of anilines is 1. The van der Waals surface area contributed by atoms with Crippen LogP contribution < -0.4 is 19.5 Å². The number of carboxylic acids is 1. The van der Waals surface area contributed by atoms with Crippen LogP contribution in [0, 0.1) is 6.92 Å². The van der Waals surface area contributed by atoms with Crippen LogP contribution in [0.2, 0.25) is 0 Å². The molecule has 2 aromatic rings. The van der Waals surface area contributed by atoms with Gasteiger partial charge in [-0.3, -0.25) is 4.79 Å². The summed E-state index contributed by atoms with van der Waals surface area (Å²) in [6.45, 7) is 3.02. The highest BCUT2D eigenvalue weighted by Crippen LogP contribution is 2.22. The van der Waals surface area contributed by atoms with Gasteiger partial charge in [0.2, 0.25) is 0 Å². The molecule has 0 spiro atoms. The molecule has 0 saturated heterocycles. The number of ether oxygens (including phenoxy) is 3. The van der Waals surface area contributed by atoms with Crippen molar-refractivity contribution in [2.45, 2.75) is 20.0 Å². The first-order valence-corrected chi connectivity index (χ1v) is 7.96. The van der Waals surface area contributed by atoms with Gasteiger partial charge in [0.1, 0.15) is 17.2 Å². The first-order valence-electron chi connectivity index (χ1n) is 7.96. The summed E-state index contributed by atoms with van der Waals surface area (Å²) in [5.74, 6) is 0.330. The minimum atomic E-state index is -1.05. The van der Waals surface area contributed by atoms with Crippen LogP contribution >= 0.6 is 0 Å². The first-order chi connectivity index (χ1) is 12.4. The number of hydrogen-bond acceptors (Lipinski definition) is 5. The minimum absolute atomic E-state index is 0.303. The van der Waals surface area contributed by atoms with E-state index in [9.17, 15) is 9.59 Å². The number of carbonyl (C=O) groups excluding carboxylic acids is 1. The fraction of sp³-hybridized carbons (Fsp3) is 0.263. The summed E-state index contributed by atoms with van der Waals surface area (Å²) in [5, 5.41) is 11.4. The van der Waals surface area contributed by atoms with E-state index in [1.54, 1.807) is 63.4 Å². The summed E-state index contributed by atoms with van der Waals surface area (Å²) in [4.78, 5) is 22.9. The Kier molecular flexibility index (Phi) is 6.43. The maximum absolute atomic E-state index is 12.3. The summed E-state index contributed by atoms with van der Waals surface area (Å²) in [6, 6.07) is 11.9. The monoisotopic (exact) mass is 359 g/mol. The first kappa shape index (κ1) is 19.1. The molecule has 7 heteroatoms. The highest BCUT2D eigenvalue weighted by atomic mass is 16.5. The molecule has 0 aliphatic heterocycles. The summed E-state index contributed by atoms with van der Waals surface area (Å²) in [6.07, 6.45) is -0.703. The molecule has 0 fully saturated rings. The highest BCUT2D eigenvalue weighted by Gasteiger charge is 2.16. The second-order valence-electron chi connectivity index (χ2n) is 5.58. The number of aryl methyl sites for hydroxylation is 1. The molecule has 0 bridgehead atoms. The number of nitrogens with one attached hydrogen (secondary N) is 1. The molecule has 7 nitrogen and oxygen atoms in total. The molecule has 0 saturated carbocycles. The number of methoxy groups -OCH3 is 1. The van der Waals surface area contributed by atoms with Gasteiger partial charge in [-0.15, -0.1) is 0 Å². The SMILES string of the molecule is COc1ccc(OC(C)C(=O)Nc2ccc(OCC(=O)O)cc2C)cc1. The zero-order chi connectivity index (χ0) is 19.1. The molecule has 26 heavy (non-hydrogen) atoms. The number of amides is 1. The lowest BCUT2D eigenvalue weighted by molar-refractivity contribution is -0.139. The Morgan fingerprint density at radius 1 is 1.08 bits per heavy atom. The molecule has 1 unspecified atom stereocenters. The van der Waals surface area contributed by atoms with E-state index in [1.807, 2.05) is 0 Å². The molecule has 1 atom stereocenters. The van der Waals surface area contributed by atoms with Crippen molar-refractivity contribution >= 4 is 17.6 Å². The van der Waals surface area contributed by atoms with E-state index >= 15 is 0 Å². The predicted molar refractivity (Wildman–Crippen MR) is 96.0 cm³/mol. The lowest BCUT2D eigenvalue weighted by Gasteiger charge is -2.16. The van der Waals surface area contributed by atoms with Gasteiger partial charge in [-0.1, -0.05) is 0 Å². The van der Waals surface area contributed by atoms with Crippen molar-refractivity contribution in [1.29, 1.82) is 0 Å². The van der Waals surface area contributed by atoms with E-state index in [1.165, 1.54) is 0 Å². The highest BCUT2D eigenvalue weighted by molar-refractivity contribution is 5.94. The fourth-order valence-corrected chi connectivity index (χ4v) is 2.16. The second-order valence-corrected chi connectivity index (χ2v) is 5.58. The van der Waals surface area contributed by atoms with Crippen LogP contribution in [0.1, 0.15) is 12.5 Å². The largest absolute Gasteiger partial charge is 0.497 e. The van der Waals surface area contributed by atoms with Crippen molar-refractivity contribution in [2.24, 2.45) is 0 Å². The van der Waals surface area contributed by atoms with Gasteiger partial charge in [0.05, 0.1) is 7.11 Å². The van der Waals surface area contributed by atoms with Gasteiger partial charge in [0.15, 0.2) is 12.7 Å². The van der Waals surface area contributed by atoms with Crippen molar-refractivity contribution in [3.63, 3.8) is 0 Å². The number of carboxylic acid groups (broad SMARTS) is 1. The third-order valence-corrected chi connectivity index (χ3v) is 3.56. The van der Waals surface area contributed by atoms with Gasteiger partial charge in [-0.25, -0.2) is 4.79 Å². The van der Waals surface area contributed by atoms with Crippen molar-refractivity contribution in [3.05, 3.63) is 48.0 Å². The third-order valence-electron chi connectivity index (χ3n) is 3.56. The van der Waals surface area contributed by atoms with E-state index in [0.717, 1.165) is 5.56 Å². The average molecular weight is 359 g/mol. The standard InChI is InChI=1S/C19H21NO6/c1-12-10-16(25-11-18(21)22)8-9-17(12)20-19(23)13(2)26-15-6-4-14(24-3)5-7-15/h4-10,13H,11H2,1-3H3,(H,20,23)(H,21,22). The molecule has 1 amide bonds. The van der Waals surface area contributed by atoms with Gasteiger partial charge < -0.3 is 24.6 Å². The number of rotatable bonds is 8.